The summed E-state index contributed by atoms with van der Waals surface area (Å²) in [6.45, 7) is 8.05. The van der Waals surface area contributed by atoms with Crippen LogP contribution < -0.4 is 0 Å². The second-order valence-corrected chi connectivity index (χ2v) is 4.95. The molecule has 0 unspecified atom stereocenters. The van der Waals surface area contributed by atoms with Crippen LogP contribution >= 0.6 is 0 Å². The van der Waals surface area contributed by atoms with E-state index in [1.807, 2.05) is 9.80 Å². The first-order chi connectivity index (χ1) is 7.11. The van der Waals surface area contributed by atoms with Crippen molar-refractivity contribution in [1.29, 1.82) is 0 Å². The third kappa shape index (κ3) is 2.09. The molecule has 2 saturated heterocycles. The molecule has 0 aromatic carbocycles. The highest BCUT2D eigenvalue weighted by Crippen LogP contribution is 2.29. The molecule has 2 rings (SSSR count). The lowest BCUT2D eigenvalue weighted by molar-refractivity contribution is 0.0376. The van der Waals surface area contributed by atoms with Crippen LogP contribution in [0.3, 0.4) is 0 Å². The zero-order chi connectivity index (χ0) is 10.9. The fourth-order valence-electron chi connectivity index (χ4n) is 2.39. The van der Waals surface area contributed by atoms with E-state index in [1.54, 1.807) is 0 Å². The maximum absolute atomic E-state index is 12.2. The molecule has 2 heterocycles. The lowest BCUT2D eigenvalue weighted by Crippen LogP contribution is -2.52. The maximum Gasteiger partial charge on any atom is 0.320 e. The van der Waals surface area contributed by atoms with Crippen LogP contribution in [0.2, 0.25) is 0 Å². The van der Waals surface area contributed by atoms with Gasteiger partial charge in [-0.05, 0) is 26.7 Å². The minimum absolute atomic E-state index is 0.0371. The van der Waals surface area contributed by atoms with E-state index in [-0.39, 0.29) is 11.6 Å². The number of amides is 2. The maximum atomic E-state index is 12.2. The highest BCUT2D eigenvalue weighted by Gasteiger charge is 2.37. The number of carbonyl (C=O) groups excluding carboxylic acids is 1. The Kier molecular flexibility index (Phi) is 2.87. The fraction of sp³-hybridized carbons (Fsp3) is 0.909. The number of carbonyl (C=O) groups is 1. The summed E-state index contributed by atoms with van der Waals surface area (Å²) in [5.41, 5.74) is 0.0371. The van der Waals surface area contributed by atoms with Gasteiger partial charge >= 0.3 is 6.03 Å². The molecule has 2 amide bonds. The Hall–Kier alpha value is -0.770. The van der Waals surface area contributed by atoms with E-state index in [9.17, 15) is 4.79 Å². The molecule has 0 radical (unpaired) electrons. The summed E-state index contributed by atoms with van der Waals surface area (Å²) in [6.07, 6.45) is 2.24. The Morgan fingerprint density at radius 3 is 2.40 bits per heavy atom. The summed E-state index contributed by atoms with van der Waals surface area (Å²) >= 11 is 0. The van der Waals surface area contributed by atoms with Gasteiger partial charge in [-0.15, -0.1) is 0 Å². The van der Waals surface area contributed by atoms with E-state index in [2.05, 4.69) is 13.8 Å². The number of rotatable bonds is 0. The van der Waals surface area contributed by atoms with E-state index < -0.39 is 0 Å². The van der Waals surface area contributed by atoms with Gasteiger partial charge in [-0.3, -0.25) is 0 Å². The summed E-state index contributed by atoms with van der Waals surface area (Å²) in [5, 5.41) is 0. The topological polar surface area (TPSA) is 32.8 Å². The van der Waals surface area contributed by atoms with Crippen molar-refractivity contribution in [3.8, 4) is 0 Å². The van der Waals surface area contributed by atoms with Crippen LogP contribution in [0.25, 0.3) is 0 Å². The molecule has 4 nitrogen and oxygen atoms in total. The van der Waals surface area contributed by atoms with Crippen LogP contribution in [0.4, 0.5) is 4.79 Å². The number of ether oxygens (including phenoxy) is 1. The number of hydrogen-bond donors (Lipinski definition) is 0. The van der Waals surface area contributed by atoms with Crippen LogP contribution in [0.1, 0.15) is 26.7 Å². The average molecular weight is 212 g/mol. The van der Waals surface area contributed by atoms with Crippen LogP contribution in [-0.4, -0.2) is 54.2 Å². The summed E-state index contributed by atoms with van der Waals surface area (Å²) in [4.78, 5) is 16.1. The zero-order valence-electron chi connectivity index (χ0n) is 9.66. The van der Waals surface area contributed by atoms with Crippen molar-refractivity contribution in [3.63, 3.8) is 0 Å². The normalized spacial score (nSPS) is 25.7. The highest BCUT2D eigenvalue weighted by molar-refractivity contribution is 5.75. The fourth-order valence-corrected chi connectivity index (χ4v) is 2.39. The first kappa shape index (κ1) is 10.7. The molecule has 2 aliphatic heterocycles. The third-order valence-electron chi connectivity index (χ3n) is 3.41. The molecule has 0 saturated carbocycles. The summed E-state index contributed by atoms with van der Waals surface area (Å²) in [7, 11) is 0. The minimum atomic E-state index is 0.0371. The molecule has 0 spiro atoms. The Balaban J connectivity index is 2.00. The molecule has 86 valence electrons. The lowest BCUT2D eigenvalue weighted by Gasteiger charge is -2.37. The second-order valence-electron chi connectivity index (χ2n) is 4.95. The third-order valence-corrected chi connectivity index (χ3v) is 3.41. The average Bonchev–Trinajstić information content (AvgIpc) is 2.58. The van der Waals surface area contributed by atoms with Crippen molar-refractivity contribution < 1.29 is 9.53 Å². The van der Waals surface area contributed by atoms with Crippen molar-refractivity contribution in [2.24, 2.45) is 0 Å². The van der Waals surface area contributed by atoms with Gasteiger partial charge < -0.3 is 14.5 Å². The van der Waals surface area contributed by atoms with Crippen molar-refractivity contribution >= 4 is 6.03 Å². The predicted octanol–water partition coefficient (Wildman–Crippen LogP) is 1.31. The Morgan fingerprint density at radius 1 is 1.20 bits per heavy atom. The smallest absolute Gasteiger partial charge is 0.320 e. The molecule has 2 fully saturated rings. The number of likely N-dealkylation sites (tertiary alicyclic amines) is 1. The highest BCUT2D eigenvalue weighted by atomic mass is 16.5. The summed E-state index contributed by atoms with van der Waals surface area (Å²) in [5.74, 6) is 0. The molecule has 0 aromatic heterocycles. The quantitative estimate of drug-likeness (QED) is 0.606. The van der Waals surface area contributed by atoms with Gasteiger partial charge in [-0.25, -0.2) is 4.79 Å². The number of hydrogen-bond acceptors (Lipinski definition) is 2. The zero-order valence-corrected chi connectivity index (χ0v) is 9.66. The van der Waals surface area contributed by atoms with Gasteiger partial charge in [-0.1, -0.05) is 0 Å². The summed E-state index contributed by atoms with van der Waals surface area (Å²) in [6, 6.07) is 0.195. The largest absolute Gasteiger partial charge is 0.378 e. The molecule has 0 N–H and O–H groups in total. The van der Waals surface area contributed by atoms with Crippen LogP contribution in [-0.2, 0) is 4.74 Å². The number of morpholine rings is 1. The molecule has 0 bridgehead atoms. The minimum Gasteiger partial charge on any atom is -0.378 e. The molecule has 0 atom stereocenters. The van der Waals surface area contributed by atoms with Crippen molar-refractivity contribution in [3.05, 3.63) is 0 Å². The molecule has 2 aliphatic rings. The Morgan fingerprint density at radius 2 is 1.87 bits per heavy atom. The first-order valence-corrected chi connectivity index (χ1v) is 5.75. The Labute approximate surface area is 91.2 Å². The van der Waals surface area contributed by atoms with Gasteiger partial charge in [0.2, 0.25) is 0 Å². The molecule has 4 heteroatoms. The van der Waals surface area contributed by atoms with Crippen molar-refractivity contribution in [1.82, 2.24) is 9.80 Å². The van der Waals surface area contributed by atoms with E-state index in [4.69, 9.17) is 4.74 Å². The van der Waals surface area contributed by atoms with Gasteiger partial charge in [0, 0.05) is 25.2 Å². The summed E-state index contributed by atoms with van der Waals surface area (Å²) < 4.78 is 5.25. The van der Waals surface area contributed by atoms with Gasteiger partial charge in [-0.2, -0.15) is 0 Å². The number of urea groups is 1. The van der Waals surface area contributed by atoms with Crippen molar-refractivity contribution in [2.75, 3.05) is 32.8 Å². The first-order valence-electron chi connectivity index (χ1n) is 5.75. The molecular formula is C11H20N2O2. The molecular weight excluding hydrogens is 192 g/mol. The monoisotopic (exact) mass is 212 g/mol. The van der Waals surface area contributed by atoms with Crippen LogP contribution in [0, 0.1) is 0 Å². The standard InChI is InChI=1S/C11H20N2O2/c1-11(2)4-3-5-13(11)10(14)12-6-8-15-9-7-12/h3-9H2,1-2H3. The van der Waals surface area contributed by atoms with E-state index in [0.717, 1.165) is 32.5 Å². The van der Waals surface area contributed by atoms with Gasteiger partial charge in [0.05, 0.1) is 13.2 Å². The lowest BCUT2D eigenvalue weighted by atomic mass is 10.0. The van der Waals surface area contributed by atoms with Gasteiger partial charge in [0.1, 0.15) is 0 Å². The van der Waals surface area contributed by atoms with E-state index in [1.165, 1.54) is 0 Å². The SMILES string of the molecule is CC1(C)CCCN1C(=O)N1CCOCC1. The molecule has 0 aromatic rings. The number of nitrogens with zero attached hydrogens (tertiary/aromatic N) is 2. The van der Waals surface area contributed by atoms with E-state index >= 15 is 0 Å². The van der Waals surface area contributed by atoms with Gasteiger partial charge in [0.25, 0.3) is 0 Å². The van der Waals surface area contributed by atoms with Crippen LogP contribution in [0.5, 0.6) is 0 Å². The molecule has 15 heavy (non-hydrogen) atoms. The van der Waals surface area contributed by atoms with Crippen LogP contribution in [0.15, 0.2) is 0 Å². The van der Waals surface area contributed by atoms with Gasteiger partial charge in [0.15, 0.2) is 0 Å². The molecule has 0 aliphatic carbocycles. The van der Waals surface area contributed by atoms with E-state index in [0.29, 0.717) is 13.2 Å². The second kappa shape index (κ2) is 4.00. The Bertz CT molecular complexity index is 247. The van der Waals surface area contributed by atoms with Crippen molar-refractivity contribution in [2.45, 2.75) is 32.2 Å². The predicted molar refractivity (Wildman–Crippen MR) is 57.8 cm³/mol.